The molecular weight excluding hydrogens is 614 g/mol. The SMILES string of the molecule is Cc1nn(-c2ccccc2)c(Oc2ccc(Br)cc2)c1/C=C1\SC(=S)N([C@@H](Cc2ccc(O)cc2)C(=O)O)C1=O. The van der Waals surface area contributed by atoms with Gasteiger partial charge in [-0.05, 0) is 67.1 Å². The lowest BCUT2D eigenvalue weighted by atomic mass is 10.0. The molecule has 0 saturated carbocycles. The minimum absolute atomic E-state index is 0.0260. The number of carboxylic acids is 1. The number of benzene rings is 3. The quantitative estimate of drug-likeness (QED) is 0.171. The van der Waals surface area contributed by atoms with Crippen LogP contribution in [0, 0.1) is 6.92 Å². The summed E-state index contributed by atoms with van der Waals surface area (Å²) in [5.74, 6) is -0.658. The van der Waals surface area contributed by atoms with E-state index in [0.29, 0.717) is 28.5 Å². The van der Waals surface area contributed by atoms with Crippen molar-refractivity contribution < 1.29 is 24.5 Å². The lowest BCUT2D eigenvalue weighted by Crippen LogP contribution is -2.45. The van der Waals surface area contributed by atoms with Crippen LogP contribution in [0.1, 0.15) is 16.8 Å². The van der Waals surface area contributed by atoms with Crippen molar-refractivity contribution in [3.05, 3.63) is 105 Å². The Bertz CT molecular complexity index is 1620. The summed E-state index contributed by atoms with van der Waals surface area (Å²) in [5, 5.41) is 24.2. The van der Waals surface area contributed by atoms with Crippen LogP contribution in [0.4, 0.5) is 0 Å². The molecule has 1 aliphatic heterocycles. The summed E-state index contributed by atoms with van der Waals surface area (Å²) >= 11 is 9.94. The maximum Gasteiger partial charge on any atom is 0.327 e. The number of thiocarbonyl (C=S) groups is 1. The minimum Gasteiger partial charge on any atom is -0.508 e. The molecule has 4 aromatic rings. The Morgan fingerprint density at radius 1 is 1.10 bits per heavy atom. The largest absolute Gasteiger partial charge is 0.508 e. The van der Waals surface area contributed by atoms with Crippen LogP contribution < -0.4 is 4.74 Å². The molecule has 0 unspecified atom stereocenters. The number of carbonyl (C=O) groups excluding carboxylic acids is 1. The maximum absolute atomic E-state index is 13.6. The van der Waals surface area contributed by atoms with Crippen LogP contribution >= 0.6 is 39.9 Å². The number of hydrogen-bond donors (Lipinski definition) is 2. The average molecular weight is 637 g/mol. The Labute approximate surface area is 248 Å². The van der Waals surface area contributed by atoms with E-state index in [1.165, 1.54) is 12.1 Å². The van der Waals surface area contributed by atoms with Crippen molar-refractivity contribution in [2.75, 3.05) is 0 Å². The van der Waals surface area contributed by atoms with E-state index in [9.17, 15) is 19.8 Å². The van der Waals surface area contributed by atoms with Gasteiger partial charge in [-0.1, -0.05) is 70.2 Å². The molecule has 0 bridgehead atoms. The minimum atomic E-state index is -1.21. The number of nitrogens with zero attached hydrogens (tertiary/aromatic N) is 3. The van der Waals surface area contributed by atoms with Gasteiger partial charge in [0.15, 0.2) is 0 Å². The first kappa shape index (κ1) is 27.6. The summed E-state index contributed by atoms with van der Waals surface area (Å²) in [6, 6.07) is 21.8. The molecule has 1 atom stereocenters. The molecule has 1 aromatic heterocycles. The van der Waals surface area contributed by atoms with E-state index in [4.69, 9.17) is 17.0 Å². The number of aromatic hydroxyl groups is 1. The second kappa shape index (κ2) is 11.7. The molecule has 0 spiro atoms. The topological polar surface area (TPSA) is 105 Å². The second-order valence-corrected chi connectivity index (χ2v) is 11.5. The molecule has 2 heterocycles. The second-order valence-electron chi connectivity index (χ2n) is 8.88. The van der Waals surface area contributed by atoms with E-state index >= 15 is 0 Å². The first-order valence-corrected chi connectivity index (χ1v) is 14.1. The zero-order valence-corrected chi connectivity index (χ0v) is 24.2. The van der Waals surface area contributed by atoms with Gasteiger partial charge in [0.25, 0.3) is 5.91 Å². The molecule has 202 valence electrons. The van der Waals surface area contributed by atoms with Gasteiger partial charge in [0, 0.05) is 10.9 Å². The number of phenolic OH excluding ortho intramolecular Hbond substituents is 1. The number of para-hydroxylation sites is 1. The van der Waals surface area contributed by atoms with Crippen LogP contribution in [-0.2, 0) is 16.0 Å². The van der Waals surface area contributed by atoms with E-state index in [0.717, 1.165) is 26.8 Å². The molecule has 1 aliphatic rings. The molecule has 5 rings (SSSR count). The van der Waals surface area contributed by atoms with Gasteiger partial charge >= 0.3 is 5.97 Å². The number of aryl methyl sites for hydroxylation is 1. The van der Waals surface area contributed by atoms with Gasteiger partial charge in [0.1, 0.15) is 21.9 Å². The molecule has 8 nitrogen and oxygen atoms in total. The van der Waals surface area contributed by atoms with Crippen molar-refractivity contribution >= 4 is 62.2 Å². The third-order valence-corrected chi connectivity index (χ3v) is 8.01. The molecule has 1 fully saturated rings. The molecule has 1 amide bonds. The van der Waals surface area contributed by atoms with Crippen molar-refractivity contribution in [2.24, 2.45) is 0 Å². The van der Waals surface area contributed by atoms with E-state index in [-0.39, 0.29) is 21.4 Å². The van der Waals surface area contributed by atoms with Crippen molar-refractivity contribution in [3.8, 4) is 23.1 Å². The van der Waals surface area contributed by atoms with Gasteiger partial charge < -0.3 is 14.9 Å². The first-order valence-electron chi connectivity index (χ1n) is 12.1. The van der Waals surface area contributed by atoms with Crippen LogP contribution in [-0.4, -0.2) is 47.1 Å². The number of rotatable bonds is 8. The number of phenols is 1. The van der Waals surface area contributed by atoms with Crippen LogP contribution in [0.5, 0.6) is 17.4 Å². The van der Waals surface area contributed by atoms with Crippen molar-refractivity contribution in [3.63, 3.8) is 0 Å². The monoisotopic (exact) mass is 635 g/mol. The number of ether oxygens (including phenoxy) is 1. The summed E-state index contributed by atoms with van der Waals surface area (Å²) in [7, 11) is 0. The number of amides is 1. The predicted octanol–water partition coefficient (Wildman–Crippen LogP) is 6.34. The zero-order chi connectivity index (χ0) is 28.4. The first-order chi connectivity index (χ1) is 19.2. The highest BCUT2D eigenvalue weighted by atomic mass is 79.9. The zero-order valence-electron chi connectivity index (χ0n) is 21.0. The van der Waals surface area contributed by atoms with Crippen LogP contribution in [0.25, 0.3) is 11.8 Å². The summed E-state index contributed by atoms with van der Waals surface area (Å²) in [5.41, 5.74) is 2.59. The Kier molecular flexibility index (Phi) is 8.06. The summed E-state index contributed by atoms with van der Waals surface area (Å²) in [4.78, 5) is 27.2. The third-order valence-electron chi connectivity index (χ3n) is 6.15. The standard InChI is InChI=1S/C29H22BrN3O5S2/c1-17-23(27(38-22-13-9-19(30)10-14-22)33(31-17)20-5-3-2-4-6-20)16-25-26(35)32(29(39)40-25)24(28(36)37)15-18-7-11-21(34)12-8-18/h2-14,16,24,34H,15H2,1H3,(H,36,37)/b25-16-/t24-/m0/s1. The Morgan fingerprint density at radius 2 is 1.77 bits per heavy atom. The smallest absolute Gasteiger partial charge is 0.327 e. The van der Waals surface area contributed by atoms with Gasteiger partial charge in [-0.2, -0.15) is 9.78 Å². The van der Waals surface area contributed by atoms with E-state index in [1.807, 2.05) is 61.5 Å². The summed E-state index contributed by atoms with van der Waals surface area (Å²) in [6.07, 6.45) is 1.67. The third kappa shape index (κ3) is 5.81. The number of aliphatic carboxylic acids is 1. The molecule has 0 radical (unpaired) electrons. The molecule has 2 N–H and O–H groups in total. The van der Waals surface area contributed by atoms with Crippen molar-refractivity contribution in [2.45, 2.75) is 19.4 Å². The molecule has 1 saturated heterocycles. The van der Waals surface area contributed by atoms with Crippen LogP contribution in [0.3, 0.4) is 0 Å². The van der Waals surface area contributed by atoms with E-state index < -0.39 is 17.9 Å². The molecular formula is C29H22BrN3O5S2. The number of carbonyl (C=O) groups is 2. The molecule has 0 aliphatic carbocycles. The molecule has 11 heteroatoms. The maximum atomic E-state index is 13.6. The van der Waals surface area contributed by atoms with Crippen molar-refractivity contribution in [1.29, 1.82) is 0 Å². The fourth-order valence-electron chi connectivity index (χ4n) is 4.16. The van der Waals surface area contributed by atoms with Gasteiger partial charge in [-0.3, -0.25) is 9.69 Å². The number of hydrogen-bond acceptors (Lipinski definition) is 7. The van der Waals surface area contributed by atoms with Gasteiger partial charge in [-0.25, -0.2) is 4.79 Å². The highest BCUT2D eigenvalue weighted by molar-refractivity contribution is 9.10. The normalized spacial score (nSPS) is 15.1. The Balaban J connectivity index is 1.52. The van der Waals surface area contributed by atoms with Gasteiger partial charge in [0.2, 0.25) is 5.88 Å². The fraction of sp³-hybridized carbons (Fsp3) is 0.103. The number of halogens is 1. The fourth-order valence-corrected chi connectivity index (χ4v) is 5.77. The predicted molar refractivity (Wildman–Crippen MR) is 161 cm³/mol. The van der Waals surface area contributed by atoms with E-state index in [2.05, 4.69) is 21.0 Å². The number of aromatic nitrogens is 2. The van der Waals surface area contributed by atoms with Gasteiger partial charge in [-0.15, -0.1) is 0 Å². The number of carboxylic acid groups (broad SMARTS) is 1. The molecule has 3 aromatic carbocycles. The highest BCUT2D eigenvalue weighted by Gasteiger charge is 2.41. The van der Waals surface area contributed by atoms with Gasteiger partial charge in [0.05, 0.1) is 21.8 Å². The number of thioether (sulfide) groups is 1. The van der Waals surface area contributed by atoms with Crippen molar-refractivity contribution in [1.82, 2.24) is 14.7 Å². The highest BCUT2D eigenvalue weighted by Crippen LogP contribution is 2.39. The van der Waals surface area contributed by atoms with Crippen LogP contribution in [0.15, 0.2) is 88.2 Å². The lowest BCUT2D eigenvalue weighted by molar-refractivity contribution is -0.145. The summed E-state index contributed by atoms with van der Waals surface area (Å²) < 4.78 is 9.00. The average Bonchev–Trinajstić information content (AvgIpc) is 3.39. The van der Waals surface area contributed by atoms with E-state index in [1.54, 1.807) is 22.9 Å². The summed E-state index contributed by atoms with van der Waals surface area (Å²) in [6.45, 7) is 1.81. The molecule has 40 heavy (non-hydrogen) atoms. The van der Waals surface area contributed by atoms with Crippen LogP contribution in [0.2, 0.25) is 0 Å². The Morgan fingerprint density at radius 3 is 2.42 bits per heavy atom. The Hall–Kier alpha value is -3.93. The lowest BCUT2D eigenvalue weighted by Gasteiger charge is -2.23.